The molecule has 16 heavy (non-hydrogen) atoms. The van der Waals surface area contributed by atoms with E-state index in [1.165, 1.54) is 44.9 Å². The number of carbonyl (C=O) groups excluding carboxylic acids is 1. The van der Waals surface area contributed by atoms with Crippen LogP contribution in [-0.2, 0) is 4.79 Å². The minimum absolute atomic E-state index is 0.363. The average molecular weight is 224 g/mol. The summed E-state index contributed by atoms with van der Waals surface area (Å²) in [6.07, 6.45) is 9.55. The maximum atomic E-state index is 12.2. The van der Waals surface area contributed by atoms with Crippen LogP contribution in [-0.4, -0.2) is 29.9 Å². The van der Waals surface area contributed by atoms with Gasteiger partial charge in [0.05, 0.1) is 0 Å². The molecule has 3 nitrogen and oxygen atoms in total. The Morgan fingerprint density at radius 2 is 1.81 bits per heavy atom. The highest BCUT2D eigenvalue weighted by molar-refractivity contribution is 5.77. The van der Waals surface area contributed by atoms with Crippen LogP contribution in [0, 0.1) is 5.92 Å². The van der Waals surface area contributed by atoms with E-state index in [1.807, 2.05) is 0 Å². The highest BCUT2D eigenvalue weighted by atomic mass is 16.2. The smallest absolute Gasteiger partial charge is 0.223 e. The minimum atomic E-state index is 0.363. The van der Waals surface area contributed by atoms with Crippen molar-refractivity contribution in [1.82, 2.24) is 4.90 Å². The third-order valence-corrected chi connectivity index (χ3v) is 4.14. The number of hydrogen-bond acceptors (Lipinski definition) is 2. The summed E-state index contributed by atoms with van der Waals surface area (Å²) in [6, 6.07) is 0.496. The van der Waals surface area contributed by atoms with E-state index in [0.717, 1.165) is 13.0 Å². The average Bonchev–Trinajstić information content (AvgIpc) is 2.72. The first-order valence-corrected chi connectivity index (χ1v) is 6.81. The Labute approximate surface area is 98.4 Å². The van der Waals surface area contributed by atoms with Gasteiger partial charge in [0, 0.05) is 25.6 Å². The molecule has 0 saturated heterocycles. The van der Waals surface area contributed by atoms with Gasteiger partial charge in [-0.1, -0.05) is 19.3 Å². The van der Waals surface area contributed by atoms with Gasteiger partial charge >= 0.3 is 0 Å². The Kier molecular flexibility index (Phi) is 4.22. The molecular formula is C13H24N2O. The summed E-state index contributed by atoms with van der Waals surface area (Å²) < 4.78 is 0. The first kappa shape index (κ1) is 11.9. The molecule has 0 radical (unpaired) electrons. The Hall–Kier alpha value is -0.570. The molecule has 0 aromatic rings. The zero-order valence-corrected chi connectivity index (χ0v) is 10.2. The molecule has 0 aliphatic heterocycles. The van der Waals surface area contributed by atoms with Crippen LogP contribution in [0.15, 0.2) is 0 Å². The molecule has 2 N–H and O–H groups in total. The second-order valence-corrected chi connectivity index (χ2v) is 5.32. The molecule has 2 saturated carbocycles. The summed E-state index contributed by atoms with van der Waals surface area (Å²) in [7, 11) is 0. The Morgan fingerprint density at radius 3 is 2.31 bits per heavy atom. The second kappa shape index (κ2) is 5.67. The van der Waals surface area contributed by atoms with Crippen molar-refractivity contribution in [3.63, 3.8) is 0 Å². The Balaban J connectivity index is 1.85. The molecule has 0 atom stereocenters. The van der Waals surface area contributed by atoms with Gasteiger partial charge < -0.3 is 10.6 Å². The zero-order chi connectivity index (χ0) is 11.4. The molecule has 2 aliphatic carbocycles. The normalized spacial score (nSPS) is 22.1. The molecule has 1 amide bonds. The summed E-state index contributed by atoms with van der Waals surface area (Å²) in [5, 5.41) is 0. The summed E-state index contributed by atoms with van der Waals surface area (Å²) >= 11 is 0. The van der Waals surface area contributed by atoms with Gasteiger partial charge in [-0.3, -0.25) is 4.79 Å². The van der Waals surface area contributed by atoms with Gasteiger partial charge in [-0.2, -0.15) is 0 Å². The van der Waals surface area contributed by atoms with Crippen molar-refractivity contribution >= 4 is 5.91 Å². The third kappa shape index (κ3) is 2.76. The topological polar surface area (TPSA) is 46.3 Å². The summed E-state index contributed by atoms with van der Waals surface area (Å²) in [4.78, 5) is 14.3. The fourth-order valence-electron chi connectivity index (χ4n) is 2.93. The van der Waals surface area contributed by atoms with Crippen molar-refractivity contribution in [3.05, 3.63) is 0 Å². The van der Waals surface area contributed by atoms with Gasteiger partial charge in [-0.05, 0) is 31.6 Å². The molecule has 0 unspecified atom stereocenters. The highest BCUT2D eigenvalue weighted by Crippen LogP contribution is 2.31. The van der Waals surface area contributed by atoms with E-state index < -0.39 is 0 Å². The quantitative estimate of drug-likeness (QED) is 0.775. The lowest BCUT2D eigenvalue weighted by atomic mass is 9.82. The number of nitrogens with two attached hydrogens (primary N) is 1. The molecule has 3 heteroatoms. The van der Waals surface area contributed by atoms with Gasteiger partial charge in [0.1, 0.15) is 0 Å². The van der Waals surface area contributed by atoms with E-state index in [0.29, 0.717) is 24.4 Å². The molecule has 0 aromatic carbocycles. The van der Waals surface area contributed by atoms with E-state index >= 15 is 0 Å². The van der Waals surface area contributed by atoms with Gasteiger partial charge in [-0.15, -0.1) is 0 Å². The van der Waals surface area contributed by atoms with Crippen molar-refractivity contribution in [2.45, 2.75) is 57.4 Å². The van der Waals surface area contributed by atoms with Crippen LogP contribution in [0.25, 0.3) is 0 Å². The summed E-state index contributed by atoms with van der Waals surface area (Å²) in [6.45, 7) is 1.36. The van der Waals surface area contributed by atoms with E-state index in [9.17, 15) is 4.79 Å². The number of rotatable bonds is 5. The first-order chi connectivity index (χ1) is 7.81. The van der Waals surface area contributed by atoms with Gasteiger partial charge in [0.25, 0.3) is 0 Å². The summed E-state index contributed by atoms with van der Waals surface area (Å²) in [5.74, 6) is 1.04. The maximum absolute atomic E-state index is 12.2. The Bertz CT molecular complexity index is 232. The molecule has 2 fully saturated rings. The van der Waals surface area contributed by atoms with Gasteiger partial charge in [0.2, 0.25) is 5.91 Å². The number of hydrogen-bond donors (Lipinski definition) is 1. The lowest BCUT2D eigenvalue weighted by Gasteiger charge is -2.32. The standard InChI is InChI=1S/C13H24N2O/c14-8-9-15(12-6-1-2-7-12)13(16)10-11-4-3-5-11/h11-12H,1-10,14H2. The van der Waals surface area contributed by atoms with Gasteiger partial charge in [-0.25, -0.2) is 0 Å². The van der Waals surface area contributed by atoms with Crippen molar-refractivity contribution in [1.29, 1.82) is 0 Å². The van der Waals surface area contributed by atoms with Crippen molar-refractivity contribution in [2.24, 2.45) is 11.7 Å². The van der Waals surface area contributed by atoms with Crippen LogP contribution < -0.4 is 5.73 Å². The van der Waals surface area contributed by atoms with Crippen LogP contribution in [0.2, 0.25) is 0 Å². The molecule has 2 rings (SSSR count). The van der Waals surface area contributed by atoms with E-state index in [-0.39, 0.29) is 0 Å². The lowest BCUT2D eigenvalue weighted by molar-refractivity contribution is -0.135. The first-order valence-electron chi connectivity index (χ1n) is 6.81. The van der Waals surface area contributed by atoms with Crippen LogP contribution in [0.1, 0.15) is 51.4 Å². The molecule has 0 aromatic heterocycles. The van der Waals surface area contributed by atoms with Crippen molar-refractivity contribution in [3.8, 4) is 0 Å². The second-order valence-electron chi connectivity index (χ2n) is 5.32. The predicted molar refractivity (Wildman–Crippen MR) is 65.0 cm³/mol. The lowest BCUT2D eigenvalue weighted by Crippen LogP contribution is -2.43. The molecular weight excluding hydrogens is 200 g/mol. The Morgan fingerprint density at radius 1 is 1.12 bits per heavy atom. The number of nitrogens with zero attached hydrogens (tertiary/aromatic N) is 1. The van der Waals surface area contributed by atoms with Gasteiger partial charge in [0.15, 0.2) is 0 Å². The van der Waals surface area contributed by atoms with E-state index in [2.05, 4.69) is 4.90 Å². The van der Waals surface area contributed by atoms with Crippen molar-refractivity contribution in [2.75, 3.05) is 13.1 Å². The molecule has 0 bridgehead atoms. The van der Waals surface area contributed by atoms with Crippen LogP contribution >= 0.6 is 0 Å². The van der Waals surface area contributed by atoms with Crippen LogP contribution in [0.5, 0.6) is 0 Å². The zero-order valence-electron chi connectivity index (χ0n) is 10.2. The predicted octanol–water partition coefficient (Wildman–Crippen LogP) is 1.91. The fraction of sp³-hybridized carbons (Fsp3) is 0.923. The minimum Gasteiger partial charge on any atom is -0.338 e. The third-order valence-electron chi connectivity index (χ3n) is 4.14. The van der Waals surface area contributed by atoms with E-state index in [1.54, 1.807) is 0 Å². The maximum Gasteiger partial charge on any atom is 0.223 e. The SMILES string of the molecule is NCCN(C(=O)CC1CCC1)C1CCCC1. The molecule has 2 aliphatic rings. The van der Waals surface area contributed by atoms with E-state index in [4.69, 9.17) is 5.73 Å². The largest absolute Gasteiger partial charge is 0.338 e. The highest BCUT2D eigenvalue weighted by Gasteiger charge is 2.29. The van der Waals surface area contributed by atoms with Crippen LogP contribution in [0.3, 0.4) is 0 Å². The monoisotopic (exact) mass is 224 g/mol. The number of amides is 1. The molecule has 0 spiro atoms. The molecule has 0 heterocycles. The summed E-state index contributed by atoms with van der Waals surface area (Å²) in [5.41, 5.74) is 5.62. The van der Waals surface area contributed by atoms with Crippen LogP contribution in [0.4, 0.5) is 0 Å². The fourth-order valence-corrected chi connectivity index (χ4v) is 2.93. The number of carbonyl (C=O) groups is 1. The molecule has 92 valence electrons. The van der Waals surface area contributed by atoms with Crippen molar-refractivity contribution < 1.29 is 4.79 Å².